The zero-order valence-electron chi connectivity index (χ0n) is 11.6. The van der Waals surface area contributed by atoms with Gasteiger partial charge in [0.25, 0.3) is 0 Å². The summed E-state index contributed by atoms with van der Waals surface area (Å²) in [5.41, 5.74) is 1.19. The average Bonchev–Trinajstić information content (AvgIpc) is 2.38. The monoisotopic (exact) mass is 250 g/mol. The van der Waals surface area contributed by atoms with Crippen LogP contribution in [0.3, 0.4) is 0 Å². The molecule has 1 N–H and O–H groups in total. The number of ether oxygens (including phenoxy) is 1. The van der Waals surface area contributed by atoms with E-state index in [-0.39, 0.29) is 11.9 Å². The Morgan fingerprint density at radius 3 is 2.44 bits per heavy atom. The van der Waals surface area contributed by atoms with Crippen LogP contribution in [0.15, 0.2) is 24.3 Å². The van der Waals surface area contributed by atoms with Crippen LogP contribution >= 0.6 is 0 Å². The van der Waals surface area contributed by atoms with Crippen LogP contribution in [0.1, 0.15) is 24.9 Å². The molecule has 0 aliphatic rings. The summed E-state index contributed by atoms with van der Waals surface area (Å²) in [6.45, 7) is 2.77. The Balaban J connectivity index is 2.40. The normalized spacial score (nSPS) is 12.0. The molecule has 0 aromatic heterocycles. The van der Waals surface area contributed by atoms with E-state index >= 15 is 0 Å². The minimum absolute atomic E-state index is 0.143. The smallest absolute Gasteiger partial charge is 0.223 e. The molecule has 0 radical (unpaired) electrons. The zero-order valence-corrected chi connectivity index (χ0v) is 11.6. The van der Waals surface area contributed by atoms with Crippen LogP contribution in [0.2, 0.25) is 0 Å². The van der Waals surface area contributed by atoms with Gasteiger partial charge in [-0.1, -0.05) is 12.1 Å². The lowest BCUT2D eigenvalue weighted by Crippen LogP contribution is -2.28. The number of carbonyl (C=O) groups is 1. The molecule has 0 unspecified atom stereocenters. The van der Waals surface area contributed by atoms with E-state index < -0.39 is 0 Å². The number of amides is 1. The lowest BCUT2D eigenvalue weighted by Gasteiger charge is -2.16. The second-order valence-corrected chi connectivity index (χ2v) is 4.49. The third kappa shape index (κ3) is 4.37. The van der Waals surface area contributed by atoms with E-state index in [1.165, 1.54) is 5.56 Å². The van der Waals surface area contributed by atoms with Gasteiger partial charge in [0, 0.05) is 33.1 Å². The molecule has 0 bridgehead atoms. The van der Waals surface area contributed by atoms with Gasteiger partial charge in [0.15, 0.2) is 0 Å². The van der Waals surface area contributed by atoms with E-state index in [1.54, 1.807) is 26.1 Å². The first-order chi connectivity index (χ1) is 8.54. The van der Waals surface area contributed by atoms with Crippen molar-refractivity contribution in [1.82, 2.24) is 10.2 Å². The number of methoxy groups -OCH3 is 1. The summed E-state index contributed by atoms with van der Waals surface area (Å²) in [7, 11) is 5.20. The largest absolute Gasteiger partial charge is 0.497 e. The SMILES string of the molecule is COc1ccc([C@@H](C)NCCC(=O)N(C)C)cc1. The molecule has 4 heteroatoms. The Kier molecular flexibility index (Phi) is 5.65. The molecule has 0 saturated carbocycles. The summed E-state index contributed by atoms with van der Waals surface area (Å²) in [5.74, 6) is 0.998. The maximum Gasteiger partial charge on any atom is 0.223 e. The number of carbonyl (C=O) groups excluding carboxylic acids is 1. The summed E-state index contributed by atoms with van der Waals surface area (Å²) >= 11 is 0. The van der Waals surface area contributed by atoms with Gasteiger partial charge in [-0.15, -0.1) is 0 Å². The Morgan fingerprint density at radius 1 is 1.33 bits per heavy atom. The summed E-state index contributed by atoms with van der Waals surface area (Å²) in [6.07, 6.45) is 0.521. The fourth-order valence-corrected chi connectivity index (χ4v) is 1.63. The number of hydrogen-bond acceptors (Lipinski definition) is 3. The molecule has 0 aliphatic carbocycles. The Bertz CT molecular complexity index is 374. The van der Waals surface area contributed by atoms with Crippen molar-refractivity contribution < 1.29 is 9.53 Å². The number of benzene rings is 1. The van der Waals surface area contributed by atoms with Crippen LogP contribution in [0, 0.1) is 0 Å². The van der Waals surface area contributed by atoms with Crippen LogP contribution in [-0.4, -0.2) is 38.6 Å². The molecule has 1 amide bonds. The standard InChI is InChI=1S/C14H22N2O2/c1-11(15-10-9-14(17)16(2)3)12-5-7-13(18-4)8-6-12/h5-8,11,15H,9-10H2,1-4H3/t11-/m1/s1. The summed E-state index contributed by atoms with van der Waals surface area (Å²) in [5, 5.41) is 3.33. The van der Waals surface area contributed by atoms with Crippen molar-refractivity contribution in [2.75, 3.05) is 27.7 Å². The number of nitrogens with zero attached hydrogens (tertiary/aromatic N) is 1. The maximum absolute atomic E-state index is 11.4. The zero-order chi connectivity index (χ0) is 13.5. The molecule has 0 fully saturated rings. The maximum atomic E-state index is 11.4. The van der Waals surface area contributed by atoms with Crippen molar-refractivity contribution >= 4 is 5.91 Å². The fraction of sp³-hybridized carbons (Fsp3) is 0.500. The minimum atomic E-state index is 0.143. The Hall–Kier alpha value is -1.55. The van der Waals surface area contributed by atoms with Crippen molar-refractivity contribution in [1.29, 1.82) is 0 Å². The van der Waals surface area contributed by atoms with Crippen LogP contribution in [0.25, 0.3) is 0 Å². The van der Waals surface area contributed by atoms with Gasteiger partial charge in [-0.25, -0.2) is 0 Å². The Labute approximate surface area is 109 Å². The van der Waals surface area contributed by atoms with Crippen molar-refractivity contribution in [3.05, 3.63) is 29.8 Å². The minimum Gasteiger partial charge on any atom is -0.497 e. The van der Waals surface area contributed by atoms with E-state index in [2.05, 4.69) is 12.2 Å². The number of rotatable bonds is 6. The van der Waals surface area contributed by atoms with E-state index in [0.717, 1.165) is 5.75 Å². The third-order valence-corrected chi connectivity index (χ3v) is 2.90. The van der Waals surface area contributed by atoms with Gasteiger partial charge >= 0.3 is 0 Å². The molecule has 1 atom stereocenters. The second kappa shape index (κ2) is 7.01. The van der Waals surface area contributed by atoms with Gasteiger partial charge in [-0.2, -0.15) is 0 Å². The average molecular weight is 250 g/mol. The highest BCUT2D eigenvalue weighted by Gasteiger charge is 2.07. The van der Waals surface area contributed by atoms with Crippen molar-refractivity contribution in [3.63, 3.8) is 0 Å². The molecule has 4 nitrogen and oxygen atoms in total. The molecule has 18 heavy (non-hydrogen) atoms. The second-order valence-electron chi connectivity index (χ2n) is 4.49. The van der Waals surface area contributed by atoms with Gasteiger partial charge in [0.2, 0.25) is 5.91 Å². The first kappa shape index (κ1) is 14.5. The van der Waals surface area contributed by atoms with Gasteiger partial charge in [-0.05, 0) is 24.6 Å². The van der Waals surface area contributed by atoms with Crippen molar-refractivity contribution in [2.45, 2.75) is 19.4 Å². The van der Waals surface area contributed by atoms with Crippen LogP contribution in [0.4, 0.5) is 0 Å². The molecular formula is C14H22N2O2. The molecule has 0 aliphatic heterocycles. The lowest BCUT2D eigenvalue weighted by atomic mass is 10.1. The van der Waals surface area contributed by atoms with E-state index in [4.69, 9.17) is 4.74 Å². The van der Waals surface area contributed by atoms with Gasteiger partial charge < -0.3 is 15.0 Å². The molecule has 0 spiro atoms. The molecule has 0 saturated heterocycles. The first-order valence-electron chi connectivity index (χ1n) is 6.12. The summed E-state index contributed by atoms with van der Waals surface area (Å²) in [6, 6.07) is 8.18. The molecule has 1 rings (SSSR count). The number of hydrogen-bond donors (Lipinski definition) is 1. The van der Waals surface area contributed by atoms with E-state index in [9.17, 15) is 4.79 Å². The fourth-order valence-electron chi connectivity index (χ4n) is 1.63. The molecule has 1 aromatic carbocycles. The topological polar surface area (TPSA) is 41.6 Å². The molecule has 100 valence electrons. The predicted octanol–water partition coefficient (Wildman–Crippen LogP) is 1.82. The predicted molar refractivity (Wildman–Crippen MR) is 72.7 cm³/mol. The van der Waals surface area contributed by atoms with Crippen molar-refractivity contribution in [3.8, 4) is 5.75 Å². The van der Waals surface area contributed by atoms with E-state index in [1.807, 2.05) is 24.3 Å². The van der Waals surface area contributed by atoms with Crippen molar-refractivity contribution in [2.24, 2.45) is 0 Å². The van der Waals surface area contributed by atoms with E-state index in [0.29, 0.717) is 13.0 Å². The molecule has 1 aromatic rings. The highest BCUT2D eigenvalue weighted by Crippen LogP contribution is 2.16. The van der Waals surface area contributed by atoms with Gasteiger partial charge in [-0.3, -0.25) is 4.79 Å². The third-order valence-electron chi connectivity index (χ3n) is 2.90. The molecule has 0 heterocycles. The highest BCUT2D eigenvalue weighted by atomic mass is 16.5. The van der Waals surface area contributed by atoms with Crippen LogP contribution < -0.4 is 10.1 Å². The lowest BCUT2D eigenvalue weighted by molar-refractivity contribution is -0.128. The highest BCUT2D eigenvalue weighted by molar-refractivity contribution is 5.75. The Morgan fingerprint density at radius 2 is 1.94 bits per heavy atom. The summed E-state index contributed by atoms with van der Waals surface area (Å²) < 4.78 is 5.12. The van der Waals surface area contributed by atoms with Crippen LogP contribution in [-0.2, 0) is 4.79 Å². The quantitative estimate of drug-likeness (QED) is 0.837. The summed E-state index contributed by atoms with van der Waals surface area (Å²) in [4.78, 5) is 13.0. The van der Waals surface area contributed by atoms with Gasteiger partial charge in [0.05, 0.1) is 7.11 Å². The van der Waals surface area contributed by atoms with Gasteiger partial charge in [0.1, 0.15) is 5.75 Å². The first-order valence-corrected chi connectivity index (χ1v) is 6.12. The van der Waals surface area contributed by atoms with Crippen LogP contribution in [0.5, 0.6) is 5.75 Å². The number of nitrogens with one attached hydrogen (secondary N) is 1. The molecular weight excluding hydrogens is 228 g/mol.